The zero-order valence-corrected chi connectivity index (χ0v) is 25.5. The first-order valence-electron chi connectivity index (χ1n) is 15.0. The lowest BCUT2D eigenvalue weighted by Crippen LogP contribution is -2.18. The Kier molecular flexibility index (Phi) is 5.53. The van der Waals surface area contributed by atoms with Crippen molar-refractivity contribution in [3.05, 3.63) is 153 Å². The maximum absolute atomic E-state index is 15.0. The molecule has 1 aliphatic rings. The van der Waals surface area contributed by atoms with E-state index >= 15 is 0 Å². The highest BCUT2D eigenvalue weighted by Gasteiger charge is 2.29. The van der Waals surface area contributed by atoms with Crippen LogP contribution in [0.2, 0.25) is 0 Å². The van der Waals surface area contributed by atoms with Gasteiger partial charge in [0.25, 0.3) is 0 Å². The molecule has 1 aliphatic heterocycles. The second-order valence-electron chi connectivity index (χ2n) is 11.7. The Morgan fingerprint density at radius 2 is 1.27 bits per heavy atom. The van der Waals surface area contributed by atoms with Gasteiger partial charge in [0.2, 0.25) is 0 Å². The minimum absolute atomic E-state index is 0.0565. The molecule has 214 valence electrons. The molecule has 0 fully saturated rings. The maximum atomic E-state index is 15.0. The number of aromatic nitrogens is 1. The van der Waals surface area contributed by atoms with E-state index in [-0.39, 0.29) is 10.9 Å². The average Bonchev–Trinajstić information content (AvgIpc) is 3.07. The highest BCUT2D eigenvalue weighted by Crippen LogP contribution is 2.53. The second kappa shape index (κ2) is 9.55. The van der Waals surface area contributed by atoms with Crippen molar-refractivity contribution in [2.75, 3.05) is 4.90 Å². The van der Waals surface area contributed by atoms with Crippen molar-refractivity contribution in [1.82, 2.24) is 4.40 Å². The first-order chi connectivity index (χ1) is 22.0. The Morgan fingerprint density at radius 1 is 0.578 bits per heavy atom. The molecule has 0 spiro atoms. The standard InChI is InChI=1S/C40H26N2O2S/c1-23-11-10-12-24(2)35(23)25-21-28-37-29(22-25)39(44)36-32(42(37)30-16-7-6-15-27(30)38(28)43)19-20-33-40(36)45-34-18-9-8-17-31(34)41(33)26-13-4-3-5-14-26/h3-22H,1-2H3. The summed E-state index contributed by atoms with van der Waals surface area (Å²) in [5.74, 6) is 0. The van der Waals surface area contributed by atoms with Crippen LogP contribution in [0.3, 0.4) is 0 Å². The van der Waals surface area contributed by atoms with Crippen molar-refractivity contribution in [2.24, 2.45) is 0 Å². The van der Waals surface area contributed by atoms with Crippen LogP contribution in [0.25, 0.3) is 49.2 Å². The summed E-state index contributed by atoms with van der Waals surface area (Å²) in [6.45, 7) is 4.16. The molecule has 3 heterocycles. The predicted molar refractivity (Wildman–Crippen MR) is 187 cm³/mol. The van der Waals surface area contributed by atoms with E-state index in [4.69, 9.17) is 0 Å². The van der Waals surface area contributed by atoms with Gasteiger partial charge in [-0.05, 0) is 96.8 Å². The van der Waals surface area contributed by atoms with Crippen LogP contribution in [0.1, 0.15) is 11.1 Å². The van der Waals surface area contributed by atoms with Gasteiger partial charge in [-0.15, -0.1) is 0 Å². The van der Waals surface area contributed by atoms with Gasteiger partial charge in [0.15, 0.2) is 10.9 Å². The molecular weight excluding hydrogens is 573 g/mol. The lowest BCUT2D eigenvalue weighted by molar-refractivity contribution is 1.17. The smallest absolute Gasteiger partial charge is 0.198 e. The summed E-state index contributed by atoms with van der Waals surface area (Å²) in [5, 5.41) is 2.41. The molecule has 0 N–H and O–H groups in total. The van der Waals surface area contributed by atoms with E-state index in [1.54, 1.807) is 11.8 Å². The Morgan fingerprint density at radius 3 is 2.07 bits per heavy atom. The molecule has 5 heteroatoms. The minimum Gasteiger partial charge on any atom is -0.308 e. The quantitative estimate of drug-likeness (QED) is 0.147. The molecule has 0 saturated carbocycles. The predicted octanol–water partition coefficient (Wildman–Crippen LogP) is 9.78. The van der Waals surface area contributed by atoms with Crippen LogP contribution in [0, 0.1) is 13.8 Å². The number of benzene rings is 6. The molecule has 0 bridgehead atoms. The monoisotopic (exact) mass is 598 g/mol. The molecular formula is C40H26N2O2S. The molecule has 0 aliphatic carbocycles. The van der Waals surface area contributed by atoms with Gasteiger partial charge < -0.3 is 9.30 Å². The van der Waals surface area contributed by atoms with Crippen LogP contribution in [0.5, 0.6) is 0 Å². The number of para-hydroxylation sites is 3. The normalized spacial score (nSPS) is 12.7. The van der Waals surface area contributed by atoms with E-state index in [1.807, 2.05) is 66.7 Å². The van der Waals surface area contributed by atoms with Crippen LogP contribution in [0.15, 0.2) is 141 Å². The molecule has 0 radical (unpaired) electrons. The lowest BCUT2D eigenvalue weighted by Gasteiger charge is -2.33. The molecule has 8 aromatic rings. The summed E-state index contributed by atoms with van der Waals surface area (Å²) in [4.78, 5) is 33.4. The number of anilines is 3. The third-order valence-corrected chi connectivity index (χ3v) is 10.3. The molecule has 0 unspecified atom stereocenters. The van der Waals surface area contributed by atoms with Gasteiger partial charge in [0.05, 0.1) is 33.3 Å². The van der Waals surface area contributed by atoms with E-state index in [0.29, 0.717) is 27.1 Å². The average molecular weight is 599 g/mol. The third-order valence-electron chi connectivity index (χ3n) is 9.14. The largest absolute Gasteiger partial charge is 0.308 e. The van der Waals surface area contributed by atoms with Gasteiger partial charge in [-0.1, -0.05) is 72.4 Å². The van der Waals surface area contributed by atoms with Gasteiger partial charge in [-0.3, -0.25) is 9.59 Å². The Balaban J connectivity index is 1.49. The Bertz CT molecular complexity index is 2620. The van der Waals surface area contributed by atoms with E-state index in [9.17, 15) is 9.59 Å². The van der Waals surface area contributed by atoms with Crippen molar-refractivity contribution in [3.63, 3.8) is 0 Å². The number of rotatable bonds is 2. The number of fused-ring (bicyclic) bond motifs is 7. The Hall–Kier alpha value is -5.39. The van der Waals surface area contributed by atoms with Crippen LogP contribution in [-0.4, -0.2) is 4.40 Å². The van der Waals surface area contributed by atoms with E-state index in [2.05, 4.69) is 77.7 Å². The van der Waals surface area contributed by atoms with Gasteiger partial charge in [0, 0.05) is 31.6 Å². The fraction of sp³-hybridized carbons (Fsp3) is 0.0500. The number of aryl methyl sites for hydroxylation is 2. The summed E-state index contributed by atoms with van der Waals surface area (Å²) >= 11 is 1.64. The van der Waals surface area contributed by atoms with Crippen LogP contribution < -0.4 is 15.8 Å². The highest BCUT2D eigenvalue weighted by atomic mass is 32.2. The SMILES string of the molecule is Cc1cccc(C)c1-c1cc2c(=O)c3ccccc3n3c4ccc5c(c4c(=O)c(c1)c23)Sc1ccccc1N5c1ccccc1. The lowest BCUT2D eigenvalue weighted by atomic mass is 9.92. The zero-order valence-electron chi connectivity index (χ0n) is 24.7. The van der Waals surface area contributed by atoms with Crippen molar-refractivity contribution in [2.45, 2.75) is 23.6 Å². The fourth-order valence-electron chi connectivity index (χ4n) is 7.22. The van der Waals surface area contributed by atoms with E-state index in [1.165, 1.54) is 0 Å². The summed E-state index contributed by atoms with van der Waals surface area (Å²) in [7, 11) is 0. The molecule has 0 saturated heterocycles. The van der Waals surface area contributed by atoms with Crippen LogP contribution in [-0.2, 0) is 0 Å². The van der Waals surface area contributed by atoms with Crippen molar-refractivity contribution in [3.8, 4) is 11.1 Å². The number of hydrogen-bond acceptors (Lipinski definition) is 4. The van der Waals surface area contributed by atoms with Crippen molar-refractivity contribution in [1.29, 1.82) is 0 Å². The van der Waals surface area contributed by atoms with E-state index < -0.39 is 0 Å². The summed E-state index contributed by atoms with van der Waals surface area (Å²) in [5.41, 5.74) is 9.39. The number of pyridine rings is 2. The highest BCUT2D eigenvalue weighted by molar-refractivity contribution is 8.00. The summed E-state index contributed by atoms with van der Waals surface area (Å²) in [6.07, 6.45) is 0. The topological polar surface area (TPSA) is 41.8 Å². The first-order valence-corrected chi connectivity index (χ1v) is 15.8. The van der Waals surface area contributed by atoms with Gasteiger partial charge >= 0.3 is 0 Å². The molecule has 9 rings (SSSR count). The number of nitrogens with zero attached hydrogens (tertiary/aromatic N) is 2. The molecule has 2 aromatic heterocycles. The summed E-state index contributed by atoms with van der Waals surface area (Å²) in [6, 6.07) is 40.7. The first kappa shape index (κ1) is 26.1. The summed E-state index contributed by atoms with van der Waals surface area (Å²) < 4.78 is 2.14. The second-order valence-corrected chi connectivity index (χ2v) is 12.8. The van der Waals surface area contributed by atoms with Gasteiger partial charge in [0.1, 0.15) is 0 Å². The molecule has 0 amide bonds. The van der Waals surface area contributed by atoms with E-state index in [0.717, 1.165) is 60.1 Å². The van der Waals surface area contributed by atoms with Gasteiger partial charge in [-0.2, -0.15) is 0 Å². The molecule has 0 atom stereocenters. The van der Waals surface area contributed by atoms with Crippen molar-refractivity contribution < 1.29 is 0 Å². The van der Waals surface area contributed by atoms with Crippen LogP contribution in [0.4, 0.5) is 17.1 Å². The fourth-order valence-corrected chi connectivity index (χ4v) is 8.41. The van der Waals surface area contributed by atoms with Crippen molar-refractivity contribution >= 4 is 66.9 Å². The van der Waals surface area contributed by atoms with Crippen LogP contribution >= 0.6 is 11.8 Å². The minimum atomic E-state index is -0.0606. The molecule has 4 nitrogen and oxygen atoms in total. The number of hydrogen-bond donors (Lipinski definition) is 0. The molecule has 6 aromatic carbocycles. The van der Waals surface area contributed by atoms with Gasteiger partial charge in [-0.25, -0.2) is 0 Å². The Labute approximate surface area is 263 Å². The molecule has 45 heavy (non-hydrogen) atoms. The maximum Gasteiger partial charge on any atom is 0.198 e. The zero-order chi connectivity index (χ0) is 30.4. The third kappa shape index (κ3) is 3.62.